The molecule has 3 N–H and O–H groups in total. The molecule has 2 aromatic carbocycles. The molecule has 3 aromatic rings. The van der Waals surface area contributed by atoms with Crippen LogP contribution in [0.15, 0.2) is 54.6 Å². The lowest BCUT2D eigenvalue weighted by molar-refractivity contribution is -0.150. The van der Waals surface area contributed by atoms with Crippen molar-refractivity contribution in [3.8, 4) is 0 Å². The molecular weight excluding hydrogens is 368 g/mol. The molecule has 0 saturated carbocycles. The molecule has 0 aliphatic carbocycles. The Kier molecular flexibility index (Phi) is 6.39. The number of hydrogen-bond donors (Lipinski definition) is 2. The summed E-state index contributed by atoms with van der Waals surface area (Å²) in [5.41, 5.74) is 7.52. The van der Waals surface area contributed by atoms with Crippen LogP contribution in [0, 0.1) is 5.92 Å². The van der Waals surface area contributed by atoms with Crippen LogP contribution in [-0.4, -0.2) is 27.9 Å². The number of aromatic nitrogens is 2. The molecule has 29 heavy (non-hydrogen) atoms. The van der Waals surface area contributed by atoms with Crippen molar-refractivity contribution in [1.82, 2.24) is 15.3 Å². The number of anilines is 1. The van der Waals surface area contributed by atoms with Gasteiger partial charge in [0, 0.05) is 5.39 Å². The first-order chi connectivity index (χ1) is 13.9. The molecule has 0 spiro atoms. The predicted molar refractivity (Wildman–Crippen MR) is 111 cm³/mol. The van der Waals surface area contributed by atoms with Crippen LogP contribution in [0.2, 0.25) is 0 Å². The van der Waals surface area contributed by atoms with E-state index < -0.39 is 12.0 Å². The quantitative estimate of drug-likeness (QED) is 0.599. The number of hydrogen-bond acceptors (Lipinski definition) is 6. The summed E-state index contributed by atoms with van der Waals surface area (Å²) in [6.45, 7) is 3.57. The largest absolute Gasteiger partial charge is 0.456 e. The Bertz CT molecular complexity index is 1010. The first kappa shape index (κ1) is 20.3. The fourth-order valence-corrected chi connectivity index (χ4v) is 2.94. The van der Waals surface area contributed by atoms with Crippen LogP contribution in [0.4, 0.5) is 5.82 Å². The highest BCUT2D eigenvalue weighted by Gasteiger charge is 2.26. The fourth-order valence-electron chi connectivity index (χ4n) is 2.94. The van der Waals surface area contributed by atoms with Crippen molar-refractivity contribution < 1.29 is 14.3 Å². The minimum atomic E-state index is -0.760. The lowest BCUT2D eigenvalue weighted by Gasteiger charge is -2.20. The highest BCUT2D eigenvalue weighted by atomic mass is 16.5. The van der Waals surface area contributed by atoms with Gasteiger partial charge in [-0.15, -0.1) is 0 Å². The van der Waals surface area contributed by atoms with Crippen LogP contribution < -0.4 is 11.1 Å². The lowest BCUT2D eigenvalue weighted by atomic mass is 10.0. The van der Waals surface area contributed by atoms with Crippen LogP contribution in [0.1, 0.15) is 25.2 Å². The van der Waals surface area contributed by atoms with E-state index in [1.807, 2.05) is 68.4 Å². The van der Waals surface area contributed by atoms with Crippen molar-refractivity contribution in [3.63, 3.8) is 0 Å². The molecule has 7 nitrogen and oxygen atoms in total. The highest BCUT2D eigenvalue weighted by Crippen LogP contribution is 2.17. The summed E-state index contributed by atoms with van der Waals surface area (Å²) in [5.74, 6) is -0.259. The number of benzene rings is 2. The molecule has 7 heteroatoms. The van der Waals surface area contributed by atoms with Crippen molar-refractivity contribution in [2.24, 2.45) is 5.92 Å². The van der Waals surface area contributed by atoms with E-state index in [9.17, 15) is 9.59 Å². The maximum absolute atomic E-state index is 12.6. The van der Waals surface area contributed by atoms with Gasteiger partial charge in [0.15, 0.2) is 12.4 Å². The van der Waals surface area contributed by atoms with Crippen LogP contribution in [0.5, 0.6) is 0 Å². The first-order valence-electron chi connectivity index (χ1n) is 9.45. The Hall–Kier alpha value is -3.48. The Morgan fingerprint density at radius 3 is 2.45 bits per heavy atom. The van der Waals surface area contributed by atoms with Gasteiger partial charge < -0.3 is 15.8 Å². The van der Waals surface area contributed by atoms with E-state index in [4.69, 9.17) is 10.5 Å². The van der Waals surface area contributed by atoms with Gasteiger partial charge in [-0.2, -0.15) is 0 Å². The van der Waals surface area contributed by atoms with E-state index in [2.05, 4.69) is 15.3 Å². The van der Waals surface area contributed by atoms with Crippen molar-refractivity contribution in [2.45, 2.75) is 32.9 Å². The molecule has 0 fully saturated rings. The molecule has 1 aromatic heterocycles. The molecule has 0 radical (unpaired) electrons. The van der Waals surface area contributed by atoms with Gasteiger partial charge in [-0.1, -0.05) is 56.3 Å². The minimum Gasteiger partial charge on any atom is -0.456 e. The van der Waals surface area contributed by atoms with Crippen LogP contribution in [0.3, 0.4) is 0 Å². The summed E-state index contributed by atoms with van der Waals surface area (Å²) in [5, 5.41) is 3.51. The average molecular weight is 392 g/mol. The SMILES string of the molecule is CC(C)[C@H](NC(=O)Cc1ccccc1)C(=O)OCc1nc(N)c2ccccc2n1. The van der Waals surface area contributed by atoms with Gasteiger partial charge in [0.05, 0.1) is 11.9 Å². The lowest BCUT2D eigenvalue weighted by Crippen LogP contribution is -2.45. The van der Waals surface area contributed by atoms with Crippen molar-refractivity contribution in [2.75, 3.05) is 5.73 Å². The predicted octanol–water partition coefficient (Wildman–Crippen LogP) is 2.64. The Labute approximate surface area is 169 Å². The standard InChI is InChI=1S/C22H24N4O3/c1-14(2)20(26-19(27)12-15-8-4-3-5-9-15)22(28)29-13-18-24-17-11-7-6-10-16(17)21(23)25-18/h3-11,14,20H,12-13H2,1-2H3,(H,26,27)(H2,23,24,25)/t20-/m0/s1. The number of esters is 1. The van der Waals surface area contributed by atoms with Crippen molar-refractivity contribution in [1.29, 1.82) is 0 Å². The Morgan fingerprint density at radius 2 is 1.72 bits per heavy atom. The van der Waals surface area contributed by atoms with Crippen LogP contribution in [-0.2, 0) is 27.4 Å². The van der Waals surface area contributed by atoms with E-state index in [-0.39, 0.29) is 24.9 Å². The van der Waals surface area contributed by atoms with E-state index in [0.717, 1.165) is 10.9 Å². The number of carbonyl (C=O) groups excluding carboxylic acids is 2. The summed E-state index contributed by atoms with van der Waals surface area (Å²) in [6, 6.07) is 15.9. The summed E-state index contributed by atoms with van der Waals surface area (Å²) in [6.07, 6.45) is 0.196. The third kappa shape index (κ3) is 5.28. The summed E-state index contributed by atoms with van der Waals surface area (Å²) < 4.78 is 5.37. The number of nitrogens with two attached hydrogens (primary N) is 1. The number of rotatable bonds is 7. The zero-order valence-electron chi connectivity index (χ0n) is 16.5. The number of nitrogens with one attached hydrogen (secondary N) is 1. The molecule has 0 saturated heterocycles. The topological polar surface area (TPSA) is 107 Å². The second-order valence-corrected chi connectivity index (χ2v) is 7.10. The van der Waals surface area contributed by atoms with Gasteiger partial charge in [-0.05, 0) is 23.6 Å². The summed E-state index contributed by atoms with van der Waals surface area (Å²) in [4.78, 5) is 33.5. The molecule has 1 atom stereocenters. The fraction of sp³-hybridized carbons (Fsp3) is 0.273. The summed E-state index contributed by atoms with van der Waals surface area (Å²) in [7, 11) is 0. The van der Waals surface area contributed by atoms with Gasteiger partial charge in [-0.3, -0.25) is 4.79 Å². The molecule has 150 valence electrons. The maximum Gasteiger partial charge on any atom is 0.329 e. The summed E-state index contributed by atoms with van der Waals surface area (Å²) >= 11 is 0. The smallest absolute Gasteiger partial charge is 0.329 e. The number of nitrogens with zero attached hydrogens (tertiary/aromatic N) is 2. The Morgan fingerprint density at radius 1 is 1.03 bits per heavy atom. The first-order valence-corrected chi connectivity index (χ1v) is 9.45. The molecule has 1 heterocycles. The van der Waals surface area contributed by atoms with Crippen molar-refractivity contribution >= 4 is 28.6 Å². The number of amides is 1. The van der Waals surface area contributed by atoms with Gasteiger partial charge in [-0.25, -0.2) is 14.8 Å². The minimum absolute atomic E-state index is 0.119. The van der Waals surface area contributed by atoms with Gasteiger partial charge in [0.1, 0.15) is 11.9 Å². The van der Waals surface area contributed by atoms with E-state index in [0.29, 0.717) is 17.2 Å². The molecule has 0 aliphatic rings. The molecular formula is C22H24N4O3. The van der Waals surface area contributed by atoms with E-state index in [1.54, 1.807) is 0 Å². The maximum atomic E-state index is 12.6. The molecule has 0 aliphatic heterocycles. The molecule has 1 amide bonds. The van der Waals surface area contributed by atoms with Crippen LogP contribution >= 0.6 is 0 Å². The third-order valence-corrected chi connectivity index (χ3v) is 4.47. The van der Waals surface area contributed by atoms with Gasteiger partial charge in [0.2, 0.25) is 5.91 Å². The second kappa shape index (κ2) is 9.14. The number of fused-ring (bicyclic) bond motifs is 1. The second-order valence-electron chi connectivity index (χ2n) is 7.10. The zero-order valence-corrected chi connectivity index (χ0v) is 16.5. The molecule has 0 unspecified atom stereocenters. The molecule has 0 bridgehead atoms. The number of para-hydroxylation sites is 1. The number of nitrogen functional groups attached to an aromatic ring is 1. The van der Waals surface area contributed by atoms with E-state index >= 15 is 0 Å². The monoisotopic (exact) mass is 392 g/mol. The van der Waals surface area contributed by atoms with Gasteiger partial charge >= 0.3 is 5.97 Å². The van der Waals surface area contributed by atoms with E-state index in [1.165, 1.54) is 0 Å². The van der Waals surface area contributed by atoms with Crippen LogP contribution in [0.25, 0.3) is 10.9 Å². The highest BCUT2D eigenvalue weighted by molar-refractivity contribution is 5.88. The normalized spacial score (nSPS) is 12.0. The number of carbonyl (C=O) groups is 2. The zero-order chi connectivity index (χ0) is 20.8. The van der Waals surface area contributed by atoms with Gasteiger partial charge in [0.25, 0.3) is 0 Å². The Balaban J connectivity index is 1.63. The average Bonchev–Trinajstić information content (AvgIpc) is 2.71. The van der Waals surface area contributed by atoms with Crippen molar-refractivity contribution in [3.05, 3.63) is 66.0 Å². The third-order valence-electron chi connectivity index (χ3n) is 4.47. The number of ether oxygens (including phenoxy) is 1. The molecule has 3 rings (SSSR count).